The Morgan fingerprint density at radius 3 is 1.57 bits per heavy atom. The van der Waals surface area contributed by atoms with Crippen molar-refractivity contribution in [2.24, 2.45) is 0 Å². The van der Waals surface area contributed by atoms with Crippen molar-refractivity contribution in [3.8, 4) is 78.7 Å². The highest BCUT2D eigenvalue weighted by atomic mass is 15.3. The molecule has 0 amide bonds. The normalized spacial score (nSPS) is 12.0. The Kier molecular flexibility index (Phi) is 8.54. The van der Waals surface area contributed by atoms with Gasteiger partial charge in [-0.3, -0.25) is 0 Å². The van der Waals surface area contributed by atoms with Crippen LogP contribution in [0.1, 0.15) is 11.1 Å². The lowest BCUT2D eigenvalue weighted by molar-refractivity contribution is 0.916. The van der Waals surface area contributed by atoms with E-state index in [2.05, 4.69) is 187 Å². The molecule has 0 saturated carbocycles. The smallest absolute Gasteiger partial charge is 0.160 e. The maximum atomic E-state index is 5.47. The molecule has 0 unspecified atom stereocenters. The second-order valence-electron chi connectivity index (χ2n) is 14.0. The van der Waals surface area contributed by atoms with Gasteiger partial charge >= 0.3 is 0 Å². The first kappa shape index (κ1) is 33.2. The second kappa shape index (κ2) is 14.4. The lowest BCUT2D eigenvalue weighted by Gasteiger charge is -2.15. The molecule has 4 heteroatoms. The van der Waals surface area contributed by atoms with E-state index >= 15 is 0 Å². The third kappa shape index (κ3) is 6.23. The van der Waals surface area contributed by atoms with E-state index in [9.17, 15) is 0 Å². The van der Waals surface area contributed by atoms with E-state index < -0.39 is 0 Å². The van der Waals surface area contributed by atoms with Gasteiger partial charge in [0.15, 0.2) is 5.82 Å². The molecule has 56 heavy (non-hydrogen) atoms. The molecule has 0 aliphatic carbocycles. The first-order valence-electron chi connectivity index (χ1n) is 19.0. The molecule has 9 aromatic rings. The molecule has 3 heterocycles. The van der Waals surface area contributed by atoms with E-state index in [-0.39, 0.29) is 0 Å². The Morgan fingerprint density at radius 1 is 0.393 bits per heavy atom. The fourth-order valence-corrected chi connectivity index (χ4v) is 7.74. The molecule has 2 aromatic heterocycles. The summed E-state index contributed by atoms with van der Waals surface area (Å²) in [6, 6.07) is 70.1. The SMILES string of the molecule is C1=C(c2ccccc2)n2nc(-c3ccccc3)c(-c3ccccc3)c2-c2cc(-c3cccc(-c4cc(-c5ccccc5)nc(-c5ccccc5)n4)c3)ccc2C1. The zero-order chi connectivity index (χ0) is 37.3. The van der Waals surface area contributed by atoms with Gasteiger partial charge in [-0.25, -0.2) is 14.6 Å². The Morgan fingerprint density at radius 2 is 0.911 bits per heavy atom. The van der Waals surface area contributed by atoms with Crippen LogP contribution in [0.5, 0.6) is 0 Å². The zero-order valence-electron chi connectivity index (χ0n) is 30.6. The maximum absolute atomic E-state index is 5.47. The van der Waals surface area contributed by atoms with E-state index in [1.54, 1.807) is 0 Å². The number of aromatic nitrogens is 4. The molecule has 10 rings (SSSR count). The highest BCUT2D eigenvalue weighted by Crippen LogP contribution is 2.45. The minimum absolute atomic E-state index is 0.704. The average Bonchev–Trinajstić information content (AvgIpc) is 3.60. The third-order valence-electron chi connectivity index (χ3n) is 10.5. The van der Waals surface area contributed by atoms with Crippen LogP contribution in [0, 0.1) is 0 Å². The van der Waals surface area contributed by atoms with Crippen LogP contribution in [0.3, 0.4) is 0 Å². The van der Waals surface area contributed by atoms with Gasteiger partial charge in [0, 0.05) is 33.4 Å². The first-order chi connectivity index (χ1) is 27.8. The number of hydrogen-bond acceptors (Lipinski definition) is 3. The lowest BCUT2D eigenvalue weighted by atomic mass is 9.90. The van der Waals surface area contributed by atoms with E-state index in [1.807, 2.05) is 24.3 Å². The number of nitrogens with zero attached hydrogens (tertiary/aromatic N) is 4. The Hall–Kier alpha value is -7.43. The standard InChI is InChI=1S/C52H36N4/c1-6-17-37(18-7-1)46-35-47(54-52(53-46)41-25-14-5-15-26-41)44-28-16-27-42(33-44)43-30-29-36-31-32-48(38-19-8-2-9-20-38)56-51(45(36)34-43)49(39-21-10-3-11-22-39)50(55-56)40-23-12-4-13-24-40/h1-30,32-35H,31H2. The molecule has 4 nitrogen and oxygen atoms in total. The summed E-state index contributed by atoms with van der Waals surface area (Å²) in [6.45, 7) is 0. The Balaban J connectivity index is 1.15. The lowest BCUT2D eigenvalue weighted by Crippen LogP contribution is -2.03. The van der Waals surface area contributed by atoms with Crippen molar-refractivity contribution in [2.45, 2.75) is 6.42 Å². The van der Waals surface area contributed by atoms with Crippen molar-refractivity contribution < 1.29 is 0 Å². The molecule has 264 valence electrons. The molecule has 0 saturated heterocycles. The number of hydrogen-bond donors (Lipinski definition) is 0. The molecule has 7 aromatic carbocycles. The quantitative estimate of drug-likeness (QED) is 0.165. The maximum Gasteiger partial charge on any atom is 0.160 e. The molecule has 0 spiro atoms. The monoisotopic (exact) mass is 716 g/mol. The first-order valence-corrected chi connectivity index (χ1v) is 19.0. The van der Waals surface area contributed by atoms with Crippen molar-refractivity contribution >= 4 is 5.70 Å². The van der Waals surface area contributed by atoms with Crippen LogP contribution < -0.4 is 0 Å². The number of benzene rings is 7. The van der Waals surface area contributed by atoms with Gasteiger partial charge in [-0.05, 0) is 52.4 Å². The molecular weight excluding hydrogens is 681 g/mol. The predicted octanol–water partition coefficient (Wildman–Crippen LogP) is 12.8. The van der Waals surface area contributed by atoms with Crippen LogP contribution in [-0.4, -0.2) is 19.7 Å². The fourth-order valence-electron chi connectivity index (χ4n) is 7.74. The van der Waals surface area contributed by atoms with E-state index in [0.717, 1.165) is 85.0 Å². The molecule has 0 N–H and O–H groups in total. The number of rotatable bonds is 7. The summed E-state index contributed by atoms with van der Waals surface area (Å²) in [4.78, 5) is 10.1. The summed E-state index contributed by atoms with van der Waals surface area (Å²) in [7, 11) is 0. The van der Waals surface area contributed by atoms with Crippen molar-refractivity contribution in [3.05, 3.63) is 217 Å². The van der Waals surface area contributed by atoms with Crippen molar-refractivity contribution in [3.63, 3.8) is 0 Å². The van der Waals surface area contributed by atoms with E-state index in [0.29, 0.717) is 5.82 Å². The van der Waals surface area contributed by atoms with Gasteiger partial charge in [0.25, 0.3) is 0 Å². The average molecular weight is 717 g/mol. The van der Waals surface area contributed by atoms with Gasteiger partial charge in [0.1, 0.15) is 5.69 Å². The fraction of sp³-hybridized carbons (Fsp3) is 0.0192. The van der Waals surface area contributed by atoms with Crippen molar-refractivity contribution in [2.75, 3.05) is 0 Å². The van der Waals surface area contributed by atoms with Crippen LogP contribution in [-0.2, 0) is 6.42 Å². The van der Waals surface area contributed by atoms with E-state index in [1.165, 1.54) is 11.1 Å². The molecule has 0 fully saturated rings. The second-order valence-corrected chi connectivity index (χ2v) is 14.0. The summed E-state index contributed by atoms with van der Waals surface area (Å²) in [5.41, 5.74) is 17.1. The highest BCUT2D eigenvalue weighted by Gasteiger charge is 2.28. The third-order valence-corrected chi connectivity index (χ3v) is 10.5. The van der Waals surface area contributed by atoms with Gasteiger partial charge in [0.2, 0.25) is 0 Å². The topological polar surface area (TPSA) is 43.6 Å². The van der Waals surface area contributed by atoms with Crippen LogP contribution in [0.25, 0.3) is 84.4 Å². The summed E-state index contributed by atoms with van der Waals surface area (Å²) in [5, 5.41) is 5.47. The zero-order valence-corrected chi connectivity index (χ0v) is 30.6. The van der Waals surface area contributed by atoms with Crippen LogP contribution >= 0.6 is 0 Å². The van der Waals surface area contributed by atoms with Gasteiger partial charge in [-0.1, -0.05) is 188 Å². The van der Waals surface area contributed by atoms with Crippen molar-refractivity contribution in [1.29, 1.82) is 0 Å². The number of allylic oxidation sites excluding steroid dienone is 1. The molecule has 0 atom stereocenters. The highest BCUT2D eigenvalue weighted by molar-refractivity contribution is 5.96. The minimum atomic E-state index is 0.704. The summed E-state index contributed by atoms with van der Waals surface area (Å²) in [5.74, 6) is 0.704. The largest absolute Gasteiger partial charge is 0.232 e. The molecular formula is C52H36N4. The van der Waals surface area contributed by atoms with Gasteiger partial charge < -0.3 is 0 Å². The van der Waals surface area contributed by atoms with Gasteiger partial charge in [-0.15, -0.1) is 0 Å². The molecule has 1 aliphatic heterocycles. The van der Waals surface area contributed by atoms with Gasteiger partial charge in [0.05, 0.1) is 22.8 Å². The van der Waals surface area contributed by atoms with Crippen molar-refractivity contribution in [1.82, 2.24) is 19.7 Å². The summed E-state index contributed by atoms with van der Waals surface area (Å²) < 4.78 is 2.18. The van der Waals surface area contributed by atoms with Crippen LogP contribution in [0.2, 0.25) is 0 Å². The van der Waals surface area contributed by atoms with Gasteiger partial charge in [-0.2, -0.15) is 5.10 Å². The Bertz CT molecular complexity index is 2790. The Labute approximate surface area is 326 Å². The molecule has 0 bridgehead atoms. The predicted molar refractivity (Wildman–Crippen MR) is 229 cm³/mol. The van der Waals surface area contributed by atoms with E-state index in [4.69, 9.17) is 15.1 Å². The van der Waals surface area contributed by atoms with Crippen LogP contribution in [0.15, 0.2) is 206 Å². The molecule has 0 radical (unpaired) electrons. The minimum Gasteiger partial charge on any atom is -0.232 e. The number of fused-ring (bicyclic) bond motifs is 3. The summed E-state index contributed by atoms with van der Waals surface area (Å²) >= 11 is 0. The van der Waals surface area contributed by atoms with Crippen LogP contribution in [0.4, 0.5) is 0 Å². The summed E-state index contributed by atoms with van der Waals surface area (Å²) in [6.07, 6.45) is 3.11. The molecule has 1 aliphatic rings.